The second kappa shape index (κ2) is 7.89. The molecular formula is C22H24N4O3S2. The molecule has 1 fully saturated rings. The van der Waals surface area contributed by atoms with Gasteiger partial charge in [0.2, 0.25) is 5.91 Å². The number of nitrogens with two attached hydrogens (primary N) is 2. The van der Waals surface area contributed by atoms with Crippen molar-refractivity contribution in [1.29, 1.82) is 0 Å². The Morgan fingerprint density at radius 2 is 2.03 bits per heavy atom. The first-order valence-electron chi connectivity index (χ1n) is 10.5. The highest BCUT2D eigenvalue weighted by atomic mass is 32.1. The number of thiophene rings is 2. The minimum Gasteiger partial charge on any atom is -0.397 e. The van der Waals surface area contributed by atoms with Gasteiger partial charge in [0.15, 0.2) is 0 Å². The van der Waals surface area contributed by atoms with Crippen molar-refractivity contribution in [3.8, 4) is 10.4 Å². The maximum Gasteiger partial charge on any atom is 0.260 e. The van der Waals surface area contributed by atoms with Crippen molar-refractivity contribution >= 4 is 50.4 Å². The molecular weight excluding hydrogens is 432 g/mol. The quantitative estimate of drug-likeness (QED) is 0.557. The molecule has 4 heterocycles. The zero-order valence-corrected chi connectivity index (χ0v) is 18.6. The lowest BCUT2D eigenvalue weighted by Crippen LogP contribution is -2.40. The largest absolute Gasteiger partial charge is 0.397 e. The van der Waals surface area contributed by atoms with Crippen LogP contribution in [0.15, 0.2) is 17.5 Å². The van der Waals surface area contributed by atoms with Gasteiger partial charge in [0.05, 0.1) is 11.8 Å². The van der Waals surface area contributed by atoms with Crippen molar-refractivity contribution < 1.29 is 14.7 Å². The number of nitrogen functional groups attached to an aromatic ring is 1. The molecule has 5 rings (SSSR count). The van der Waals surface area contributed by atoms with Gasteiger partial charge < -0.3 is 21.5 Å². The highest BCUT2D eigenvalue weighted by Gasteiger charge is 2.34. The molecule has 0 saturated carbocycles. The number of carbonyl (C=O) groups excluding carboxylic acids is 2. The molecule has 5 N–H and O–H groups in total. The first-order chi connectivity index (χ1) is 14.9. The van der Waals surface area contributed by atoms with E-state index < -0.39 is 5.91 Å². The summed E-state index contributed by atoms with van der Waals surface area (Å²) in [6.07, 6.45) is 3.07. The summed E-state index contributed by atoms with van der Waals surface area (Å²) in [6, 6.07) is 4.05. The number of anilines is 1. The molecule has 1 saturated heterocycles. The van der Waals surface area contributed by atoms with E-state index in [1.807, 2.05) is 16.3 Å². The van der Waals surface area contributed by atoms with Crippen LogP contribution in [0.3, 0.4) is 0 Å². The zero-order valence-electron chi connectivity index (χ0n) is 17.0. The first-order valence-corrected chi connectivity index (χ1v) is 12.2. The molecule has 1 aliphatic carbocycles. The summed E-state index contributed by atoms with van der Waals surface area (Å²) in [7, 11) is 0. The van der Waals surface area contributed by atoms with Gasteiger partial charge in [-0.25, -0.2) is 4.98 Å². The standard InChI is InChI=1S/C22H24N4O3S2/c23-18-17-16(14-2-1-9-30-14)13-4-3-11(10-15(28)26-7-5-12(27)6-8-26)19(13)25-22(17)31-20(18)21(24)29/h1-2,9,11-12,27H,3-8,10,23H2,(H2,24,29). The molecule has 3 aromatic heterocycles. The van der Waals surface area contributed by atoms with Gasteiger partial charge in [-0.1, -0.05) is 6.07 Å². The summed E-state index contributed by atoms with van der Waals surface area (Å²) in [4.78, 5) is 33.7. The molecule has 0 radical (unpaired) electrons. The van der Waals surface area contributed by atoms with Crippen molar-refractivity contribution in [2.45, 2.75) is 44.1 Å². The van der Waals surface area contributed by atoms with Crippen molar-refractivity contribution in [3.63, 3.8) is 0 Å². The monoisotopic (exact) mass is 456 g/mol. The smallest absolute Gasteiger partial charge is 0.260 e. The van der Waals surface area contributed by atoms with Crippen LogP contribution >= 0.6 is 22.7 Å². The summed E-state index contributed by atoms with van der Waals surface area (Å²) in [5.41, 5.74) is 15.4. The molecule has 31 heavy (non-hydrogen) atoms. The van der Waals surface area contributed by atoms with E-state index in [0.717, 1.165) is 39.9 Å². The van der Waals surface area contributed by atoms with Gasteiger partial charge in [0.25, 0.3) is 5.91 Å². The number of likely N-dealkylation sites (tertiary alicyclic amines) is 1. The summed E-state index contributed by atoms with van der Waals surface area (Å²) >= 11 is 2.86. The maximum absolute atomic E-state index is 12.9. The fraction of sp³-hybridized carbons (Fsp3) is 0.409. The number of hydrogen-bond acceptors (Lipinski definition) is 7. The SMILES string of the molecule is NC(=O)c1sc2nc3c(c(-c4cccs4)c2c1N)CCC3CC(=O)N1CCC(O)CC1. The third-order valence-electron chi connectivity index (χ3n) is 6.37. The van der Waals surface area contributed by atoms with Gasteiger partial charge in [-0.2, -0.15) is 0 Å². The van der Waals surface area contributed by atoms with E-state index in [9.17, 15) is 14.7 Å². The van der Waals surface area contributed by atoms with E-state index in [-0.39, 0.29) is 17.9 Å². The number of nitrogens with zero attached hydrogens (tertiary/aromatic N) is 2. The first kappa shape index (κ1) is 20.4. The van der Waals surface area contributed by atoms with Crippen molar-refractivity contribution in [2.75, 3.05) is 18.8 Å². The van der Waals surface area contributed by atoms with E-state index >= 15 is 0 Å². The van der Waals surface area contributed by atoms with Crippen LogP contribution in [0.25, 0.3) is 20.7 Å². The molecule has 1 atom stereocenters. The molecule has 3 aromatic rings. The lowest BCUT2D eigenvalue weighted by molar-refractivity contribution is -0.133. The average molecular weight is 457 g/mol. The molecule has 0 aromatic carbocycles. The van der Waals surface area contributed by atoms with Crippen LogP contribution in [0.2, 0.25) is 0 Å². The summed E-state index contributed by atoms with van der Waals surface area (Å²) < 4.78 is 0. The number of rotatable bonds is 4. The van der Waals surface area contributed by atoms with Crippen LogP contribution < -0.4 is 11.5 Å². The Balaban J connectivity index is 1.56. The number of primary amides is 1. The van der Waals surface area contributed by atoms with E-state index in [1.165, 1.54) is 11.3 Å². The van der Waals surface area contributed by atoms with Gasteiger partial charge in [-0.15, -0.1) is 22.7 Å². The Morgan fingerprint density at radius 1 is 1.26 bits per heavy atom. The minimum absolute atomic E-state index is 0.0396. The number of amides is 2. The van der Waals surface area contributed by atoms with E-state index in [0.29, 0.717) is 47.7 Å². The second-order valence-corrected chi connectivity index (χ2v) is 10.2. The van der Waals surface area contributed by atoms with Crippen LogP contribution in [0.4, 0.5) is 5.69 Å². The van der Waals surface area contributed by atoms with Crippen LogP contribution in [0, 0.1) is 0 Å². The molecule has 1 aliphatic heterocycles. The Morgan fingerprint density at radius 3 is 2.71 bits per heavy atom. The van der Waals surface area contributed by atoms with E-state index in [4.69, 9.17) is 16.5 Å². The number of aliphatic hydroxyl groups excluding tert-OH is 1. The highest BCUT2D eigenvalue weighted by Crippen LogP contribution is 2.48. The van der Waals surface area contributed by atoms with E-state index in [1.54, 1.807) is 11.3 Å². The van der Waals surface area contributed by atoms with Gasteiger partial charge >= 0.3 is 0 Å². The number of carbonyl (C=O) groups is 2. The number of piperidine rings is 1. The van der Waals surface area contributed by atoms with Crippen LogP contribution in [-0.4, -0.2) is 46.0 Å². The summed E-state index contributed by atoms with van der Waals surface area (Å²) in [5.74, 6) is -0.387. The Bertz CT molecular complexity index is 1160. The fourth-order valence-corrected chi connectivity index (χ4v) is 6.55. The molecule has 7 nitrogen and oxygen atoms in total. The second-order valence-electron chi connectivity index (χ2n) is 8.27. The normalized spacial score (nSPS) is 19.1. The Hall–Kier alpha value is -2.49. The number of pyridine rings is 1. The molecule has 162 valence electrons. The van der Waals surface area contributed by atoms with Crippen molar-refractivity contribution in [2.24, 2.45) is 5.73 Å². The lowest BCUT2D eigenvalue weighted by atomic mass is 9.98. The molecule has 0 bridgehead atoms. The Labute approximate surface area is 187 Å². The number of fused-ring (bicyclic) bond motifs is 2. The lowest BCUT2D eigenvalue weighted by Gasteiger charge is -2.30. The van der Waals surface area contributed by atoms with Crippen LogP contribution in [-0.2, 0) is 11.2 Å². The van der Waals surface area contributed by atoms with Crippen LogP contribution in [0.5, 0.6) is 0 Å². The maximum atomic E-state index is 12.9. The van der Waals surface area contributed by atoms with Crippen molar-refractivity contribution in [3.05, 3.63) is 33.6 Å². The van der Waals surface area contributed by atoms with Gasteiger partial charge in [0, 0.05) is 46.9 Å². The number of aromatic nitrogens is 1. The molecule has 2 amide bonds. The average Bonchev–Trinajstić information content (AvgIpc) is 3.47. The van der Waals surface area contributed by atoms with Crippen molar-refractivity contribution in [1.82, 2.24) is 9.88 Å². The highest BCUT2D eigenvalue weighted by molar-refractivity contribution is 7.21. The van der Waals surface area contributed by atoms with Gasteiger partial charge in [0.1, 0.15) is 9.71 Å². The number of aliphatic hydroxyl groups is 1. The Kier molecular flexibility index (Phi) is 5.19. The van der Waals surface area contributed by atoms with Crippen LogP contribution in [0.1, 0.15) is 52.5 Å². The topological polar surface area (TPSA) is 123 Å². The predicted octanol–water partition coefficient (Wildman–Crippen LogP) is 3.11. The third-order valence-corrected chi connectivity index (χ3v) is 8.37. The summed E-state index contributed by atoms with van der Waals surface area (Å²) in [6.45, 7) is 1.21. The number of hydrogen-bond donors (Lipinski definition) is 3. The molecule has 1 unspecified atom stereocenters. The fourth-order valence-electron chi connectivity index (χ4n) is 4.78. The molecule has 9 heteroatoms. The molecule has 0 spiro atoms. The van der Waals surface area contributed by atoms with E-state index in [2.05, 4.69) is 6.07 Å². The summed E-state index contributed by atoms with van der Waals surface area (Å²) in [5, 5.41) is 12.5. The van der Waals surface area contributed by atoms with Gasteiger partial charge in [-0.05, 0) is 42.7 Å². The third kappa shape index (κ3) is 3.50. The molecule has 2 aliphatic rings. The van der Waals surface area contributed by atoms with Gasteiger partial charge in [-0.3, -0.25) is 9.59 Å². The zero-order chi connectivity index (χ0) is 21.7. The minimum atomic E-state index is -0.545. The predicted molar refractivity (Wildman–Crippen MR) is 123 cm³/mol.